The van der Waals surface area contributed by atoms with E-state index >= 15 is 0 Å². The lowest BCUT2D eigenvalue weighted by atomic mass is 10.1. The van der Waals surface area contributed by atoms with Crippen LogP contribution in [-0.4, -0.2) is 23.0 Å². The molecule has 0 unspecified atom stereocenters. The molecule has 72 valence electrons. The van der Waals surface area contributed by atoms with Crippen LogP contribution in [0.1, 0.15) is 38.5 Å². The smallest absolute Gasteiger partial charge is 0.00235 e. The Balaban J connectivity index is 2.00. The van der Waals surface area contributed by atoms with E-state index < -0.39 is 0 Å². The maximum atomic E-state index is 2.15. The minimum atomic E-state index is 1.38. The van der Waals surface area contributed by atoms with E-state index in [0.717, 1.165) is 0 Å². The van der Waals surface area contributed by atoms with Crippen molar-refractivity contribution in [3.63, 3.8) is 0 Å². The molecule has 1 aliphatic heterocycles. The fraction of sp³-hybridized carbons (Fsp3) is 1.00. The fourth-order valence-corrected chi connectivity index (χ4v) is 3.60. The van der Waals surface area contributed by atoms with Crippen molar-refractivity contribution in [3.8, 4) is 0 Å². The summed E-state index contributed by atoms with van der Waals surface area (Å²) < 4.78 is 0. The van der Waals surface area contributed by atoms with Gasteiger partial charge in [0.15, 0.2) is 0 Å². The number of hydrogen-bond acceptors (Lipinski definition) is 2. The predicted octanol–water partition coefficient (Wildman–Crippen LogP) is 3.81. The van der Waals surface area contributed by atoms with Gasteiger partial charge in [-0.1, -0.05) is 25.7 Å². The highest BCUT2D eigenvalue weighted by Gasteiger charge is 1.96. The van der Waals surface area contributed by atoms with Crippen molar-refractivity contribution < 1.29 is 0 Å². The average molecular weight is 204 g/mol. The molecule has 2 heteroatoms. The third-order valence-electron chi connectivity index (χ3n) is 2.20. The van der Waals surface area contributed by atoms with Gasteiger partial charge < -0.3 is 0 Å². The van der Waals surface area contributed by atoms with Gasteiger partial charge in [0, 0.05) is 11.5 Å². The van der Waals surface area contributed by atoms with E-state index in [1.165, 1.54) is 61.5 Å². The summed E-state index contributed by atoms with van der Waals surface area (Å²) in [5.74, 6) is 5.57. The van der Waals surface area contributed by atoms with E-state index in [0.29, 0.717) is 0 Å². The lowest BCUT2D eigenvalue weighted by molar-refractivity contribution is 0.629. The van der Waals surface area contributed by atoms with Crippen molar-refractivity contribution in [3.05, 3.63) is 0 Å². The van der Waals surface area contributed by atoms with Gasteiger partial charge >= 0.3 is 0 Å². The first kappa shape index (κ1) is 10.8. The maximum absolute atomic E-state index is 2.15. The molecule has 0 saturated carbocycles. The molecule has 0 aromatic rings. The van der Waals surface area contributed by atoms with Crippen molar-refractivity contribution in [2.45, 2.75) is 38.5 Å². The Kier molecular flexibility index (Phi) is 7.46. The molecule has 1 rings (SSSR count). The molecule has 0 aromatic heterocycles. The topological polar surface area (TPSA) is 0 Å². The van der Waals surface area contributed by atoms with Crippen LogP contribution in [0, 0.1) is 0 Å². The highest BCUT2D eigenvalue weighted by molar-refractivity contribution is 8.02. The zero-order valence-electron chi connectivity index (χ0n) is 7.89. The first-order valence-corrected chi connectivity index (χ1v) is 7.46. The van der Waals surface area contributed by atoms with E-state index in [1.54, 1.807) is 0 Å². The standard InChI is InChI=1S/C10H20S2/c1-2-4-6-8-12-10-9-11-7-5-3-1/h1-10H2. The summed E-state index contributed by atoms with van der Waals surface area (Å²) in [6.07, 6.45) is 8.81. The lowest BCUT2D eigenvalue weighted by Gasteiger charge is -2.05. The summed E-state index contributed by atoms with van der Waals surface area (Å²) in [7, 11) is 0. The van der Waals surface area contributed by atoms with Crippen LogP contribution in [0.2, 0.25) is 0 Å². The first-order chi connectivity index (χ1) is 6.00. The first-order valence-electron chi connectivity index (χ1n) is 5.15. The molecular weight excluding hydrogens is 184 g/mol. The van der Waals surface area contributed by atoms with Crippen molar-refractivity contribution in [2.75, 3.05) is 23.0 Å². The van der Waals surface area contributed by atoms with Gasteiger partial charge in [-0.15, -0.1) is 0 Å². The Bertz CT molecular complexity index is 50.8. The summed E-state index contributed by atoms with van der Waals surface area (Å²) >= 11 is 4.29. The maximum Gasteiger partial charge on any atom is 0.00235 e. The van der Waals surface area contributed by atoms with Crippen LogP contribution in [0.4, 0.5) is 0 Å². The van der Waals surface area contributed by atoms with Gasteiger partial charge in [-0.2, -0.15) is 23.5 Å². The van der Waals surface area contributed by atoms with Gasteiger partial charge in [0.1, 0.15) is 0 Å². The molecule has 1 aliphatic rings. The molecule has 0 spiro atoms. The second-order valence-electron chi connectivity index (χ2n) is 3.35. The van der Waals surface area contributed by atoms with Crippen LogP contribution in [0.3, 0.4) is 0 Å². The lowest BCUT2D eigenvalue weighted by Crippen LogP contribution is -1.92. The molecule has 12 heavy (non-hydrogen) atoms. The Morgan fingerprint density at radius 1 is 0.417 bits per heavy atom. The summed E-state index contributed by atoms with van der Waals surface area (Å²) in [6, 6.07) is 0. The number of thioether (sulfide) groups is 2. The van der Waals surface area contributed by atoms with Gasteiger partial charge in [0.2, 0.25) is 0 Å². The highest BCUT2D eigenvalue weighted by atomic mass is 32.2. The quantitative estimate of drug-likeness (QED) is 0.588. The predicted molar refractivity (Wildman–Crippen MR) is 62.4 cm³/mol. The van der Waals surface area contributed by atoms with Crippen molar-refractivity contribution in [1.82, 2.24) is 0 Å². The van der Waals surface area contributed by atoms with Crippen LogP contribution in [0.5, 0.6) is 0 Å². The largest absolute Gasteiger partial charge is 0.161 e. The van der Waals surface area contributed by atoms with Gasteiger partial charge in [-0.3, -0.25) is 0 Å². The average Bonchev–Trinajstić information content (AvgIpc) is 2.05. The Labute approximate surface area is 85.3 Å². The SMILES string of the molecule is C1CCCCSCCSCCC1. The summed E-state index contributed by atoms with van der Waals surface area (Å²) in [4.78, 5) is 0. The van der Waals surface area contributed by atoms with Crippen molar-refractivity contribution >= 4 is 23.5 Å². The summed E-state index contributed by atoms with van der Waals surface area (Å²) in [6.45, 7) is 0. The van der Waals surface area contributed by atoms with E-state index in [-0.39, 0.29) is 0 Å². The van der Waals surface area contributed by atoms with Gasteiger partial charge in [-0.05, 0) is 24.3 Å². The third kappa shape index (κ3) is 6.24. The molecular formula is C10H20S2. The van der Waals surface area contributed by atoms with Gasteiger partial charge in [0.05, 0.1) is 0 Å². The Morgan fingerprint density at radius 2 is 0.833 bits per heavy atom. The molecule has 1 fully saturated rings. The molecule has 0 radical (unpaired) electrons. The third-order valence-corrected chi connectivity index (χ3v) is 4.60. The molecule has 0 aromatic carbocycles. The molecule has 0 nitrogen and oxygen atoms in total. The van der Waals surface area contributed by atoms with Gasteiger partial charge in [0.25, 0.3) is 0 Å². The number of hydrogen-bond donors (Lipinski definition) is 0. The van der Waals surface area contributed by atoms with E-state index in [4.69, 9.17) is 0 Å². The van der Waals surface area contributed by atoms with Crippen molar-refractivity contribution in [1.29, 1.82) is 0 Å². The van der Waals surface area contributed by atoms with E-state index in [1.807, 2.05) is 0 Å². The molecule has 1 heterocycles. The molecule has 0 atom stereocenters. The second kappa shape index (κ2) is 8.31. The highest BCUT2D eigenvalue weighted by Crippen LogP contribution is 2.15. The Morgan fingerprint density at radius 3 is 1.33 bits per heavy atom. The summed E-state index contributed by atoms with van der Waals surface area (Å²) in [5, 5.41) is 0. The van der Waals surface area contributed by atoms with Crippen LogP contribution in [-0.2, 0) is 0 Å². The van der Waals surface area contributed by atoms with Crippen LogP contribution in [0.15, 0.2) is 0 Å². The van der Waals surface area contributed by atoms with Crippen LogP contribution >= 0.6 is 23.5 Å². The molecule has 1 saturated heterocycles. The molecule has 0 N–H and O–H groups in total. The van der Waals surface area contributed by atoms with Gasteiger partial charge in [-0.25, -0.2) is 0 Å². The van der Waals surface area contributed by atoms with E-state index in [2.05, 4.69) is 23.5 Å². The molecule has 0 bridgehead atoms. The zero-order chi connectivity index (χ0) is 8.49. The summed E-state index contributed by atoms with van der Waals surface area (Å²) in [5.41, 5.74) is 0. The van der Waals surface area contributed by atoms with Crippen LogP contribution < -0.4 is 0 Å². The molecule has 0 amide bonds. The normalized spacial score (nSPS) is 24.0. The minimum absolute atomic E-state index is 1.38. The van der Waals surface area contributed by atoms with E-state index in [9.17, 15) is 0 Å². The second-order valence-corrected chi connectivity index (χ2v) is 5.80. The monoisotopic (exact) mass is 204 g/mol. The van der Waals surface area contributed by atoms with Crippen LogP contribution in [0.25, 0.3) is 0 Å². The zero-order valence-corrected chi connectivity index (χ0v) is 9.52. The van der Waals surface area contributed by atoms with Crippen molar-refractivity contribution in [2.24, 2.45) is 0 Å². The Hall–Kier alpha value is 0.700. The fourth-order valence-electron chi connectivity index (χ4n) is 1.44. The number of rotatable bonds is 0. The minimum Gasteiger partial charge on any atom is -0.161 e. The molecule has 0 aliphatic carbocycles.